The number of fused-ring (bicyclic) bond motifs is 3. The van der Waals surface area contributed by atoms with Crippen LogP contribution in [0.5, 0.6) is 0 Å². The second kappa shape index (κ2) is 8.89. The van der Waals surface area contributed by atoms with E-state index in [0.29, 0.717) is 25.3 Å². The normalized spacial score (nSPS) is 21.5. The molecule has 3 atom stereocenters. The molecule has 3 aliphatic carbocycles. The zero-order valence-corrected chi connectivity index (χ0v) is 18.3. The number of carboxylic acids is 1. The molecule has 2 saturated carbocycles. The minimum absolute atomic E-state index is 0.00187. The van der Waals surface area contributed by atoms with E-state index < -0.39 is 18.1 Å². The number of hydrogen-bond donors (Lipinski definition) is 3. The van der Waals surface area contributed by atoms with Gasteiger partial charge in [-0.15, -0.1) is 0 Å². The van der Waals surface area contributed by atoms with Gasteiger partial charge in [-0.3, -0.25) is 4.79 Å². The van der Waals surface area contributed by atoms with Gasteiger partial charge in [0, 0.05) is 18.4 Å². The van der Waals surface area contributed by atoms with Crippen molar-refractivity contribution >= 4 is 18.0 Å². The SMILES string of the molecule is O=C(NCC1CC1C(=O)N[C@@H](CC1CC1)C(=O)O)OCC1c2ccccc2-c2ccccc21. The summed E-state index contributed by atoms with van der Waals surface area (Å²) in [6, 6.07) is 15.5. The number of rotatable bonds is 9. The van der Waals surface area contributed by atoms with Crippen LogP contribution in [0.2, 0.25) is 0 Å². The number of carbonyl (C=O) groups is 3. The molecule has 3 N–H and O–H groups in total. The third-order valence-corrected chi connectivity index (χ3v) is 6.99. The van der Waals surface area contributed by atoms with E-state index in [1.165, 1.54) is 11.1 Å². The molecule has 2 unspecified atom stereocenters. The molecular weight excluding hydrogens is 420 g/mol. The molecule has 172 valence electrons. The van der Waals surface area contributed by atoms with Gasteiger partial charge in [-0.1, -0.05) is 61.4 Å². The molecule has 5 rings (SSSR count). The van der Waals surface area contributed by atoms with Crippen LogP contribution in [0.1, 0.15) is 42.7 Å². The number of carbonyl (C=O) groups excluding carboxylic acids is 2. The highest BCUT2D eigenvalue weighted by Gasteiger charge is 2.44. The number of alkyl carbamates (subject to hydrolysis) is 1. The predicted molar refractivity (Wildman–Crippen MR) is 122 cm³/mol. The summed E-state index contributed by atoms with van der Waals surface area (Å²) in [5, 5.41) is 14.8. The van der Waals surface area contributed by atoms with E-state index in [2.05, 4.69) is 34.9 Å². The molecule has 2 aromatic carbocycles. The van der Waals surface area contributed by atoms with E-state index in [0.717, 1.165) is 24.0 Å². The summed E-state index contributed by atoms with van der Waals surface area (Å²) < 4.78 is 5.53. The molecule has 0 aromatic heterocycles. The first-order chi connectivity index (χ1) is 16.0. The first kappa shape index (κ1) is 21.5. The van der Waals surface area contributed by atoms with Crippen LogP contribution >= 0.6 is 0 Å². The number of ether oxygens (including phenoxy) is 1. The molecule has 0 bridgehead atoms. The minimum atomic E-state index is -0.982. The van der Waals surface area contributed by atoms with Crippen LogP contribution in [0.3, 0.4) is 0 Å². The zero-order chi connectivity index (χ0) is 22.9. The number of amides is 2. The Morgan fingerprint density at radius 3 is 2.24 bits per heavy atom. The summed E-state index contributed by atoms with van der Waals surface area (Å²) in [6.45, 7) is 0.588. The highest BCUT2D eigenvalue weighted by atomic mass is 16.5. The molecular formula is C26H28N2O5. The van der Waals surface area contributed by atoms with Gasteiger partial charge in [0.15, 0.2) is 0 Å². The van der Waals surface area contributed by atoms with E-state index in [4.69, 9.17) is 4.74 Å². The van der Waals surface area contributed by atoms with Gasteiger partial charge in [0.25, 0.3) is 0 Å². The van der Waals surface area contributed by atoms with Crippen LogP contribution in [0, 0.1) is 17.8 Å². The number of nitrogens with one attached hydrogen (secondary N) is 2. The highest BCUT2D eigenvalue weighted by Crippen LogP contribution is 2.44. The summed E-state index contributed by atoms with van der Waals surface area (Å²) >= 11 is 0. The number of carboxylic acid groups (broad SMARTS) is 1. The van der Waals surface area contributed by atoms with Gasteiger partial charge in [0.05, 0.1) is 0 Å². The fourth-order valence-electron chi connectivity index (χ4n) is 4.85. The lowest BCUT2D eigenvalue weighted by Crippen LogP contribution is -2.42. The summed E-state index contributed by atoms with van der Waals surface area (Å²) in [4.78, 5) is 36.1. The number of benzene rings is 2. The Labute approximate surface area is 192 Å². The third kappa shape index (κ3) is 4.72. The maximum Gasteiger partial charge on any atom is 0.407 e. The maximum atomic E-state index is 12.4. The number of hydrogen-bond acceptors (Lipinski definition) is 4. The summed E-state index contributed by atoms with van der Waals surface area (Å²) in [5.74, 6) is -1.04. The maximum absolute atomic E-state index is 12.4. The van der Waals surface area contributed by atoms with Crippen LogP contribution in [0.25, 0.3) is 11.1 Å². The van der Waals surface area contributed by atoms with Crippen LogP contribution in [0.15, 0.2) is 48.5 Å². The fourth-order valence-corrected chi connectivity index (χ4v) is 4.85. The predicted octanol–water partition coefficient (Wildman–Crippen LogP) is 3.53. The molecule has 2 aromatic rings. The van der Waals surface area contributed by atoms with E-state index in [1.807, 2.05) is 24.3 Å². The molecule has 0 radical (unpaired) electrons. The molecule has 7 nitrogen and oxygen atoms in total. The molecule has 0 heterocycles. The molecule has 3 aliphatic rings. The Balaban J connectivity index is 1.09. The molecule has 0 saturated heterocycles. The topological polar surface area (TPSA) is 105 Å². The van der Waals surface area contributed by atoms with Crippen LogP contribution in [-0.4, -0.2) is 42.3 Å². The van der Waals surface area contributed by atoms with Gasteiger partial charge in [-0.05, 0) is 46.9 Å². The first-order valence-corrected chi connectivity index (χ1v) is 11.6. The summed E-state index contributed by atoms with van der Waals surface area (Å²) in [5.41, 5.74) is 4.67. The quantitative estimate of drug-likeness (QED) is 0.544. The van der Waals surface area contributed by atoms with Crippen molar-refractivity contribution in [3.8, 4) is 11.1 Å². The fraction of sp³-hybridized carbons (Fsp3) is 0.423. The standard InChI is InChI=1S/C26H28N2O5/c29-24(28-23(25(30)31)11-15-9-10-15)21-12-16(21)13-27-26(32)33-14-22-19-7-3-1-5-17(19)18-6-2-4-8-20(18)22/h1-8,15-16,21-23H,9-14H2,(H,27,32)(H,28,29)(H,30,31)/t16?,21?,23-/m0/s1. The Hall–Kier alpha value is -3.35. The van der Waals surface area contributed by atoms with Crippen LogP contribution in [-0.2, 0) is 14.3 Å². The molecule has 33 heavy (non-hydrogen) atoms. The van der Waals surface area contributed by atoms with E-state index in [9.17, 15) is 19.5 Å². The third-order valence-electron chi connectivity index (χ3n) is 6.99. The number of aliphatic carboxylic acids is 1. The van der Waals surface area contributed by atoms with Crippen molar-refractivity contribution in [1.29, 1.82) is 0 Å². The van der Waals surface area contributed by atoms with E-state index in [-0.39, 0.29) is 30.3 Å². The minimum Gasteiger partial charge on any atom is -0.480 e. The molecule has 0 spiro atoms. The van der Waals surface area contributed by atoms with Gasteiger partial charge >= 0.3 is 12.1 Å². The van der Waals surface area contributed by atoms with Crippen molar-refractivity contribution in [2.45, 2.75) is 37.6 Å². The molecule has 0 aliphatic heterocycles. The van der Waals surface area contributed by atoms with Crippen molar-refractivity contribution in [3.05, 3.63) is 59.7 Å². The van der Waals surface area contributed by atoms with Gasteiger partial charge in [0.2, 0.25) is 5.91 Å². The summed E-state index contributed by atoms with van der Waals surface area (Å²) in [7, 11) is 0. The second-order valence-electron chi connectivity index (χ2n) is 9.39. The average Bonchev–Trinajstić information content (AvgIpc) is 3.74. The lowest BCUT2D eigenvalue weighted by molar-refractivity contribution is -0.142. The zero-order valence-electron chi connectivity index (χ0n) is 18.3. The molecule has 2 amide bonds. The first-order valence-electron chi connectivity index (χ1n) is 11.6. The second-order valence-corrected chi connectivity index (χ2v) is 9.39. The Kier molecular flexibility index (Phi) is 5.79. The molecule has 2 fully saturated rings. The molecule has 7 heteroatoms. The van der Waals surface area contributed by atoms with Crippen LogP contribution < -0.4 is 10.6 Å². The Bertz CT molecular complexity index is 1030. The average molecular weight is 449 g/mol. The van der Waals surface area contributed by atoms with Crippen LogP contribution in [0.4, 0.5) is 4.79 Å². The van der Waals surface area contributed by atoms with Crippen molar-refractivity contribution in [2.24, 2.45) is 17.8 Å². The van der Waals surface area contributed by atoms with Gasteiger partial charge in [-0.2, -0.15) is 0 Å². The highest BCUT2D eigenvalue weighted by molar-refractivity contribution is 5.87. The lowest BCUT2D eigenvalue weighted by atomic mass is 9.98. The van der Waals surface area contributed by atoms with E-state index in [1.54, 1.807) is 0 Å². The van der Waals surface area contributed by atoms with Crippen molar-refractivity contribution in [3.63, 3.8) is 0 Å². The Morgan fingerprint density at radius 1 is 1.00 bits per heavy atom. The lowest BCUT2D eigenvalue weighted by Gasteiger charge is -2.15. The monoisotopic (exact) mass is 448 g/mol. The van der Waals surface area contributed by atoms with Gasteiger partial charge in [0.1, 0.15) is 12.6 Å². The largest absolute Gasteiger partial charge is 0.480 e. The Morgan fingerprint density at radius 2 is 1.64 bits per heavy atom. The van der Waals surface area contributed by atoms with Crippen molar-refractivity contribution in [2.75, 3.05) is 13.2 Å². The van der Waals surface area contributed by atoms with Crippen molar-refractivity contribution < 1.29 is 24.2 Å². The summed E-state index contributed by atoms with van der Waals surface area (Å²) in [6.07, 6.45) is 2.72. The van der Waals surface area contributed by atoms with E-state index >= 15 is 0 Å². The van der Waals surface area contributed by atoms with Gasteiger partial charge < -0.3 is 20.5 Å². The van der Waals surface area contributed by atoms with Gasteiger partial charge in [-0.25, -0.2) is 9.59 Å². The van der Waals surface area contributed by atoms with Crippen molar-refractivity contribution in [1.82, 2.24) is 10.6 Å². The smallest absolute Gasteiger partial charge is 0.407 e.